The van der Waals surface area contributed by atoms with E-state index in [1.165, 1.54) is 0 Å². The Morgan fingerprint density at radius 2 is 0.974 bits per heavy atom. The van der Waals surface area contributed by atoms with Gasteiger partial charge in [0.25, 0.3) is 0 Å². The SMILES string of the molecule is [2H]c1cc([2H])c(-c2c([2H])c([2H])c([2H])c([2H])c2[2H])c(-c2c3c([2H])c([2H])c([2H])c([2H])c3c(-c3c([2H])c([2H])c4c(oc5c([2H])c([2H])c([2H])c([2H])c54)c3[2H])c3c([2H])c([2H])c([2H])c([2H])c23)c1[2H]. The van der Waals surface area contributed by atoms with Crippen LogP contribution in [0, 0.1) is 0 Å². The van der Waals surface area contributed by atoms with Crippen molar-refractivity contribution in [2.45, 2.75) is 0 Å². The Kier molecular flexibility index (Phi) is 2.00. The molecule has 0 saturated carbocycles. The average Bonchev–Trinajstić information content (AvgIpc) is 3.65. The predicted octanol–water partition coefficient (Wildman–Crippen LogP) is 10.9. The van der Waals surface area contributed by atoms with Gasteiger partial charge in [-0.25, -0.2) is 0 Å². The molecule has 8 rings (SSSR count). The van der Waals surface area contributed by atoms with Gasteiger partial charge in [0.05, 0.1) is 31.5 Å². The molecule has 39 heavy (non-hydrogen) atoms. The second-order valence-electron chi connectivity index (χ2n) is 8.32. The Morgan fingerprint density at radius 3 is 1.69 bits per heavy atom. The van der Waals surface area contributed by atoms with Crippen molar-refractivity contribution in [1.29, 1.82) is 0 Å². The molecule has 7 aromatic carbocycles. The molecule has 182 valence electrons. The highest BCUT2D eigenvalue weighted by Crippen LogP contribution is 2.46. The largest absolute Gasteiger partial charge is 0.456 e. The van der Waals surface area contributed by atoms with Gasteiger partial charge >= 0.3 is 0 Å². The Labute approximate surface area is 258 Å². The van der Waals surface area contributed by atoms with Crippen molar-refractivity contribution < 1.29 is 35.9 Å². The highest BCUT2D eigenvalue weighted by molar-refractivity contribution is 6.23. The molecule has 1 heteroatoms. The highest BCUT2D eigenvalue weighted by atomic mass is 16.3. The molecule has 1 heterocycles. The van der Waals surface area contributed by atoms with E-state index in [-0.39, 0.29) is 5.39 Å². The molecule has 1 aromatic heterocycles. The molecule has 0 spiro atoms. The first-order chi connectivity index (χ1) is 28.9. The molecule has 1 nitrogen and oxygen atoms in total. The van der Waals surface area contributed by atoms with Crippen LogP contribution in [0.4, 0.5) is 0 Å². The average molecular weight is 520 g/mol. The zero-order valence-electron chi connectivity index (χ0n) is 42.5. The number of furan rings is 1. The highest BCUT2D eigenvalue weighted by Gasteiger charge is 2.19. The number of benzene rings is 7. The zero-order chi connectivity index (χ0) is 45.8. The van der Waals surface area contributed by atoms with E-state index in [2.05, 4.69) is 0 Å². The van der Waals surface area contributed by atoms with Crippen molar-refractivity contribution >= 4 is 43.5 Å². The quantitative estimate of drug-likeness (QED) is 0.212. The maximum absolute atomic E-state index is 9.48. The molecule has 0 aliphatic rings. The van der Waals surface area contributed by atoms with E-state index in [4.69, 9.17) is 26.3 Å². The normalized spacial score (nSPS) is 19.8. The van der Waals surface area contributed by atoms with E-state index in [9.17, 15) is 9.60 Å². The molecule has 0 bridgehead atoms. The van der Waals surface area contributed by atoms with Crippen molar-refractivity contribution in [1.82, 2.24) is 0 Å². The van der Waals surface area contributed by atoms with Gasteiger partial charge in [0, 0.05) is 10.8 Å². The van der Waals surface area contributed by atoms with Crippen LogP contribution in [0.1, 0.15) is 31.5 Å². The summed E-state index contributed by atoms with van der Waals surface area (Å²) in [4.78, 5) is 0. The molecular weight excluding hydrogens is 472 g/mol. The first kappa shape index (κ1) is 8.97. The molecular formula is C38H24O. The summed E-state index contributed by atoms with van der Waals surface area (Å²) >= 11 is 0. The molecule has 0 N–H and O–H groups in total. The minimum absolute atomic E-state index is 0.344. The van der Waals surface area contributed by atoms with E-state index in [0.29, 0.717) is 0 Å². The first-order valence-corrected chi connectivity index (χ1v) is 11.5. The lowest BCUT2D eigenvalue weighted by molar-refractivity contribution is 0.669. The molecule has 0 atom stereocenters. The van der Waals surface area contributed by atoms with Gasteiger partial charge in [0.15, 0.2) is 0 Å². The van der Waals surface area contributed by atoms with Gasteiger partial charge in [-0.2, -0.15) is 0 Å². The summed E-state index contributed by atoms with van der Waals surface area (Å²) < 4.78 is 209. The molecule has 0 radical (unpaired) electrons. The summed E-state index contributed by atoms with van der Waals surface area (Å²) in [6.07, 6.45) is 0. The third kappa shape index (κ3) is 3.41. The number of hydrogen-bond donors (Lipinski definition) is 0. The summed E-state index contributed by atoms with van der Waals surface area (Å²) in [5.41, 5.74) is -5.03. The molecule has 0 saturated heterocycles. The fourth-order valence-corrected chi connectivity index (χ4v) is 4.66. The summed E-state index contributed by atoms with van der Waals surface area (Å²) in [6, 6.07) is -18.5. The van der Waals surface area contributed by atoms with Crippen molar-refractivity contribution in [3.05, 3.63) is 145 Å². The van der Waals surface area contributed by atoms with Gasteiger partial charge in [-0.15, -0.1) is 0 Å². The molecule has 0 fully saturated rings. The summed E-state index contributed by atoms with van der Waals surface area (Å²) in [7, 11) is 0. The lowest BCUT2D eigenvalue weighted by Crippen LogP contribution is -1.92. The maximum Gasteiger partial charge on any atom is 0.136 e. The van der Waals surface area contributed by atoms with E-state index in [1.807, 2.05) is 0 Å². The van der Waals surface area contributed by atoms with Gasteiger partial charge in [0.2, 0.25) is 0 Å². The van der Waals surface area contributed by atoms with Crippen LogP contribution in [0.3, 0.4) is 0 Å². The second kappa shape index (κ2) is 8.72. The summed E-state index contributed by atoms with van der Waals surface area (Å²) in [5, 5.41) is -3.37. The van der Waals surface area contributed by atoms with E-state index in [0.717, 1.165) is 6.07 Å². The fraction of sp³-hybridized carbons (Fsp3) is 0. The van der Waals surface area contributed by atoms with Crippen molar-refractivity contribution in [2.75, 3.05) is 0 Å². The van der Waals surface area contributed by atoms with Gasteiger partial charge in [-0.1, -0.05) is 127 Å². The molecule has 0 aliphatic heterocycles. The lowest BCUT2D eigenvalue weighted by Gasteiger charge is -2.19. The van der Waals surface area contributed by atoms with Gasteiger partial charge in [-0.3, -0.25) is 0 Å². The first-order valence-electron chi connectivity index (χ1n) is 23.0. The molecule has 0 aliphatic carbocycles. The van der Waals surface area contributed by atoms with Crippen molar-refractivity contribution in [3.63, 3.8) is 0 Å². The fourth-order valence-electron chi connectivity index (χ4n) is 4.66. The minimum atomic E-state index is -0.937. The maximum atomic E-state index is 9.48. The zero-order valence-corrected chi connectivity index (χ0v) is 19.5. The number of hydrogen-bond acceptors (Lipinski definition) is 1. The third-order valence-electron chi connectivity index (χ3n) is 6.25. The summed E-state index contributed by atoms with van der Waals surface area (Å²) in [6.45, 7) is 0. The molecule has 8 aromatic rings. The van der Waals surface area contributed by atoms with Gasteiger partial charge in [-0.05, 0) is 73.1 Å². The van der Waals surface area contributed by atoms with Crippen LogP contribution in [0.5, 0.6) is 0 Å². The summed E-state index contributed by atoms with van der Waals surface area (Å²) in [5.74, 6) is 0. The standard InChI is InChI=1S/C38H24O/c1-2-12-25(13-3-1)27-14-4-5-16-30(27)38-33-19-8-6-17-31(33)37(32-18-7-9-20-34(32)38)26-22-23-29-28-15-10-11-21-35(28)39-36(29)24-26/h1-24H/i1D,2D,3D,5D,6D,7D,8D,9D,10D,11D,12D,13D,14D,15D,16D,17D,18D,19D,20D,21D,22D,23D,24D. The number of para-hydroxylation sites is 1. The van der Waals surface area contributed by atoms with E-state index in [1.54, 1.807) is 0 Å². The van der Waals surface area contributed by atoms with Crippen LogP contribution in [-0.2, 0) is 0 Å². The van der Waals surface area contributed by atoms with Gasteiger partial charge < -0.3 is 4.42 Å². The third-order valence-corrected chi connectivity index (χ3v) is 6.25. The van der Waals surface area contributed by atoms with Crippen LogP contribution in [0.15, 0.2) is 149 Å². The van der Waals surface area contributed by atoms with E-state index >= 15 is 0 Å². The predicted molar refractivity (Wildman–Crippen MR) is 165 cm³/mol. The Balaban J connectivity index is 1.75. The lowest BCUT2D eigenvalue weighted by atomic mass is 9.84. The minimum Gasteiger partial charge on any atom is -0.456 e. The number of rotatable bonds is 3. The Morgan fingerprint density at radius 1 is 0.385 bits per heavy atom. The van der Waals surface area contributed by atoms with Gasteiger partial charge in [0.1, 0.15) is 11.2 Å². The molecule has 0 amide bonds. The van der Waals surface area contributed by atoms with Crippen LogP contribution < -0.4 is 0 Å². The number of fused-ring (bicyclic) bond motifs is 5. The van der Waals surface area contributed by atoms with Crippen LogP contribution in [0.25, 0.3) is 76.9 Å². The second-order valence-corrected chi connectivity index (χ2v) is 8.32. The van der Waals surface area contributed by atoms with Crippen LogP contribution >= 0.6 is 0 Å². The van der Waals surface area contributed by atoms with Crippen LogP contribution in [-0.4, -0.2) is 0 Å². The Bertz CT molecular complexity index is 3330. The Hall–Kier alpha value is -5.14. The molecule has 0 unspecified atom stereocenters. The van der Waals surface area contributed by atoms with Crippen molar-refractivity contribution in [2.24, 2.45) is 0 Å². The van der Waals surface area contributed by atoms with Crippen LogP contribution in [0.2, 0.25) is 0 Å². The smallest absolute Gasteiger partial charge is 0.136 e. The van der Waals surface area contributed by atoms with E-state index < -0.39 is 210 Å². The topological polar surface area (TPSA) is 13.1 Å². The monoisotopic (exact) mass is 519 g/mol. The van der Waals surface area contributed by atoms with Crippen molar-refractivity contribution in [3.8, 4) is 33.4 Å².